The third kappa shape index (κ3) is 3.62. The topological polar surface area (TPSA) is 41.6 Å². The van der Waals surface area contributed by atoms with Gasteiger partial charge in [-0.05, 0) is 31.4 Å². The molecule has 2 unspecified atom stereocenters. The molecule has 1 saturated carbocycles. The standard InChI is InChI=1S/C17H23ClN2O2/c1-12(15-4-2-3-5-16(15)18)20(14-6-7-14)17(21)10-13-11-22-9-8-19-13/h2-5,12-14,19H,6-11H2,1H3. The van der Waals surface area contributed by atoms with Crippen LogP contribution < -0.4 is 5.32 Å². The number of rotatable bonds is 5. The van der Waals surface area contributed by atoms with Gasteiger partial charge < -0.3 is 15.0 Å². The molecule has 1 amide bonds. The van der Waals surface area contributed by atoms with Crippen LogP contribution in [-0.2, 0) is 9.53 Å². The number of hydrogen-bond acceptors (Lipinski definition) is 3. The second kappa shape index (κ2) is 6.99. The Labute approximate surface area is 136 Å². The lowest BCUT2D eigenvalue weighted by molar-refractivity contribution is -0.135. The fraction of sp³-hybridized carbons (Fsp3) is 0.588. The molecule has 2 fully saturated rings. The number of ether oxygens (including phenoxy) is 1. The van der Waals surface area contributed by atoms with Crippen molar-refractivity contribution in [2.75, 3.05) is 19.8 Å². The first-order valence-electron chi connectivity index (χ1n) is 8.03. The molecule has 1 heterocycles. The molecule has 1 aromatic carbocycles. The minimum Gasteiger partial charge on any atom is -0.378 e. The highest BCUT2D eigenvalue weighted by Crippen LogP contribution is 2.37. The van der Waals surface area contributed by atoms with Gasteiger partial charge in [-0.15, -0.1) is 0 Å². The molecule has 0 aromatic heterocycles. The van der Waals surface area contributed by atoms with Crippen molar-refractivity contribution in [3.05, 3.63) is 34.9 Å². The molecule has 3 rings (SSSR count). The number of halogens is 1. The summed E-state index contributed by atoms with van der Waals surface area (Å²) in [6, 6.07) is 8.30. The summed E-state index contributed by atoms with van der Waals surface area (Å²) in [6.45, 7) is 4.24. The van der Waals surface area contributed by atoms with E-state index in [1.807, 2.05) is 29.2 Å². The maximum Gasteiger partial charge on any atom is 0.224 e. The number of carbonyl (C=O) groups is 1. The third-order valence-corrected chi connectivity index (χ3v) is 4.76. The molecule has 1 aromatic rings. The predicted octanol–water partition coefficient (Wildman–Crippen LogP) is 2.77. The molecule has 5 heteroatoms. The van der Waals surface area contributed by atoms with E-state index >= 15 is 0 Å². The zero-order valence-corrected chi connectivity index (χ0v) is 13.7. The van der Waals surface area contributed by atoms with Gasteiger partial charge in [0.25, 0.3) is 0 Å². The lowest BCUT2D eigenvalue weighted by atomic mass is 10.0. The highest BCUT2D eigenvalue weighted by atomic mass is 35.5. The lowest BCUT2D eigenvalue weighted by Gasteiger charge is -2.32. The van der Waals surface area contributed by atoms with Crippen LogP contribution in [0.4, 0.5) is 0 Å². The molecule has 120 valence electrons. The van der Waals surface area contributed by atoms with E-state index in [0.29, 0.717) is 19.1 Å². The normalized spacial score (nSPS) is 23.1. The molecule has 1 N–H and O–H groups in total. The van der Waals surface area contributed by atoms with Gasteiger partial charge in [0.1, 0.15) is 0 Å². The van der Waals surface area contributed by atoms with E-state index in [-0.39, 0.29) is 18.0 Å². The Hall–Kier alpha value is -1.10. The smallest absolute Gasteiger partial charge is 0.224 e. The average molecular weight is 323 g/mol. The fourth-order valence-electron chi connectivity index (χ4n) is 3.12. The van der Waals surface area contributed by atoms with Crippen molar-refractivity contribution in [3.8, 4) is 0 Å². The lowest BCUT2D eigenvalue weighted by Crippen LogP contribution is -2.46. The van der Waals surface area contributed by atoms with Crippen LogP contribution in [0.2, 0.25) is 5.02 Å². The average Bonchev–Trinajstić information content (AvgIpc) is 3.33. The molecule has 2 atom stereocenters. The third-order valence-electron chi connectivity index (χ3n) is 4.42. The van der Waals surface area contributed by atoms with E-state index in [9.17, 15) is 4.79 Å². The van der Waals surface area contributed by atoms with E-state index in [4.69, 9.17) is 16.3 Å². The van der Waals surface area contributed by atoms with Gasteiger partial charge in [-0.2, -0.15) is 0 Å². The Morgan fingerprint density at radius 2 is 2.23 bits per heavy atom. The Balaban J connectivity index is 1.71. The Morgan fingerprint density at radius 3 is 2.86 bits per heavy atom. The SMILES string of the molecule is CC(c1ccccc1Cl)N(C(=O)CC1COCCN1)C1CC1. The molecular formula is C17H23ClN2O2. The second-order valence-electron chi connectivity index (χ2n) is 6.16. The van der Waals surface area contributed by atoms with Crippen molar-refractivity contribution < 1.29 is 9.53 Å². The van der Waals surface area contributed by atoms with Crippen LogP contribution in [0, 0.1) is 0 Å². The molecule has 0 bridgehead atoms. The summed E-state index contributed by atoms with van der Waals surface area (Å²) in [5.41, 5.74) is 1.03. The molecule has 1 aliphatic carbocycles. The van der Waals surface area contributed by atoms with E-state index in [2.05, 4.69) is 12.2 Å². The van der Waals surface area contributed by atoms with Crippen molar-refractivity contribution >= 4 is 17.5 Å². The van der Waals surface area contributed by atoms with Gasteiger partial charge in [-0.25, -0.2) is 0 Å². The highest BCUT2D eigenvalue weighted by Gasteiger charge is 2.37. The Kier molecular flexibility index (Phi) is 5.01. The number of benzene rings is 1. The van der Waals surface area contributed by atoms with Crippen LogP contribution >= 0.6 is 11.6 Å². The number of amides is 1. The van der Waals surface area contributed by atoms with Crippen LogP contribution in [0.15, 0.2) is 24.3 Å². The minimum atomic E-state index is 0.0122. The summed E-state index contributed by atoms with van der Waals surface area (Å²) in [7, 11) is 0. The Morgan fingerprint density at radius 1 is 1.45 bits per heavy atom. The van der Waals surface area contributed by atoms with Crippen molar-refractivity contribution in [2.24, 2.45) is 0 Å². The van der Waals surface area contributed by atoms with Crippen LogP contribution in [0.1, 0.15) is 37.8 Å². The number of morpholine rings is 1. The van der Waals surface area contributed by atoms with Crippen LogP contribution in [0.25, 0.3) is 0 Å². The molecular weight excluding hydrogens is 300 g/mol. The second-order valence-corrected chi connectivity index (χ2v) is 6.57. The summed E-state index contributed by atoms with van der Waals surface area (Å²) < 4.78 is 5.45. The van der Waals surface area contributed by atoms with Crippen molar-refractivity contribution in [1.82, 2.24) is 10.2 Å². The fourth-order valence-corrected chi connectivity index (χ4v) is 3.41. The number of nitrogens with one attached hydrogen (secondary N) is 1. The van der Waals surface area contributed by atoms with Gasteiger partial charge in [0, 0.05) is 30.1 Å². The van der Waals surface area contributed by atoms with Gasteiger partial charge in [0.05, 0.1) is 19.3 Å². The van der Waals surface area contributed by atoms with E-state index < -0.39 is 0 Å². The summed E-state index contributed by atoms with van der Waals surface area (Å²) in [6.07, 6.45) is 2.68. The van der Waals surface area contributed by atoms with Crippen molar-refractivity contribution in [3.63, 3.8) is 0 Å². The Bertz CT molecular complexity index is 527. The zero-order valence-electron chi connectivity index (χ0n) is 12.9. The summed E-state index contributed by atoms with van der Waals surface area (Å²) in [4.78, 5) is 14.8. The maximum atomic E-state index is 12.8. The van der Waals surface area contributed by atoms with E-state index in [1.165, 1.54) is 0 Å². The maximum absolute atomic E-state index is 12.8. The quantitative estimate of drug-likeness (QED) is 0.906. The van der Waals surface area contributed by atoms with E-state index in [0.717, 1.165) is 36.6 Å². The summed E-state index contributed by atoms with van der Waals surface area (Å²) in [5, 5.41) is 4.08. The van der Waals surface area contributed by atoms with Gasteiger partial charge in [0.2, 0.25) is 5.91 Å². The monoisotopic (exact) mass is 322 g/mol. The van der Waals surface area contributed by atoms with Gasteiger partial charge in [-0.1, -0.05) is 29.8 Å². The largest absolute Gasteiger partial charge is 0.378 e. The van der Waals surface area contributed by atoms with Crippen LogP contribution in [-0.4, -0.2) is 42.6 Å². The van der Waals surface area contributed by atoms with Crippen LogP contribution in [0.3, 0.4) is 0 Å². The number of hydrogen-bond donors (Lipinski definition) is 1. The van der Waals surface area contributed by atoms with Gasteiger partial charge in [-0.3, -0.25) is 4.79 Å². The van der Waals surface area contributed by atoms with Crippen molar-refractivity contribution in [1.29, 1.82) is 0 Å². The molecule has 2 aliphatic rings. The van der Waals surface area contributed by atoms with Crippen molar-refractivity contribution in [2.45, 2.75) is 44.3 Å². The molecule has 4 nitrogen and oxygen atoms in total. The van der Waals surface area contributed by atoms with Gasteiger partial charge >= 0.3 is 0 Å². The molecule has 0 radical (unpaired) electrons. The van der Waals surface area contributed by atoms with E-state index in [1.54, 1.807) is 0 Å². The number of nitrogens with zero attached hydrogens (tertiary/aromatic N) is 1. The van der Waals surface area contributed by atoms with Crippen LogP contribution in [0.5, 0.6) is 0 Å². The summed E-state index contributed by atoms with van der Waals surface area (Å²) >= 11 is 6.31. The number of carbonyl (C=O) groups excluding carboxylic acids is 1. The minimum absolute atomic E-state index is 0.0122. The molecule has 1 aliphatic heterocycles. The first kappa shape index (κ1) is 15.8. The zero-order chi connectivity index (χ0) is 15.5. The first-order chi connectivity index (χ1) is 10.7. The molecule has 1 saturated heterocycles. The summed E-state index contributed by atoms with van der Waals surface area (Å²) in [5.74, 6) is 0.193. The first-order valence-corrected chi connectivity index (χ1v) is 8.41. The van der Waals surface area contributed by atoms with Gasteiger partial charge in [0.15, 0.2) is 0 Å². The highest BCUT2D eigenvalue weighted by molar-refractivity contribution is 6.31. The molecule has 22 heavy (non-hydrogen) atoms. The molecule has 0 spiro atoms. The predicted molar refractivity (Wildman–Crippen MR) is 87.0 cm³/mol.